The van der Waals surface area contributed by atoms with Crippen LogP contribution < -0.4 is 10.6 Å². The van der Waals surface area contributed by atoms with Crippen molar-refractivity contribution in [2.75, 3.05) is 19.0 Å². The number of methoxy groups -OCH3 is 1. The predicted molar refractivity (Wildman–Crippen MR) is 85.7 cm³/mol. The number of benzene rings is 1. The summed E-state index contributed by atoms with van der Waals surface area (Å²) in [6.45, 7) is 4.56. The van der Waals surface area contributed by atoms with Crippen LogP contribution in [0.4, 0.5) is 5.69 Å². The molecular weight excluding hydrogens is 282 g/mol. The summed E-state index contributed by atoms with van der Waals surface area (Å²) >= 11 is 0. The Labute approximate surface area is 129 Å². The highest BCUT2D eigenvalue weighted by Crippen LogP contribution is 2.20. The van der Waals surface area contributed by atoms with Crippen LogP contribution in [0.1, 0.15) is 13.8 Å². The number of carbonyl (C=O) groups is 2. The Morgan fingerprint density at radius 1 is 1.32 bits per heavy atom. The predicted octanol–water partition coefficient (Wildman–Crippen LogP) is 1.75. The van der Waals surface area contributed by atoms with Crippen LogP contribution in [0.15, 0.2) is 30.5 Å². The van der Waals surface area contributed by atoms with Gasteiger partial charge in [-0.3, -0.25) is 9.59 Å². The van der Waals surface area contributed by atoms with Crippen molar-refractivity contribution in [2.45, 2.75) is 26.4 Å². The highest BCUT2D eigenvalue weighted by atomic mass is 16.5. The summed E-state index contributed by atoms with van der Waals surface area (Å²) in [5.74, 6) is -0.584. The van der Waals surface area contributed by atoms with Gasteiger partial charge in [-0.2, -0.15) is 0 Å². The van der Waals surface area contributed by atoms with Gasteiger partial charge in [0.25, 0.3) is 0 Å². The third-order valence-electron chi connectivity index (χ3n) is 3.43. The van der Waals surface area contributed by atoms with Crippen LogP contribution in [0, 0.1) is 0 Å². The lowest BCUT2D eigenvalue weighted by Crippen LogP contribution is -2.43. The number of carbonyl (C=O) groups excluding carboxylic acids is 2. The van der Waals surface area contributed by atoms with E-state index in [0.29, 0.717) is 5.69 Å². The lowest BCUT2D eigenvalue weighted by molar-refractivity contribution is -0.128. The van der Waals surface area contributed by atoms with Gasteiger partial charge in [-0.1, -0.05) is 0 Å². The van der Waals surface area contributed by atoms with E-state index in [1.165, 1.54) is 7.11 Å². The molecule has 0 fully saturated rings. The highest BCUT2D eigenvalue weighted by Gasteiger charge is 2.15. The number of nitrogens with zero attached hydrogens (tertiary/aromatic N) is 1. The molecule has 1 atom stereocenters. The Bertz CT molecular complexity index is 678. The van der Waals surface area contributed by atoms with Gasteiger partial charge in [-0.15, -0.1) is 0 Å². The smallest absolute Gasteiger partial charge is 0.246 e. The number of fused-ring (bicyclic) bond motifs is 1. The van der Waals surface area contributed by atoms with E-state index in [4.69, 9.17) is 4.74 Å². The van der Waals surface area contributed by atoms with E-state index < -0.39 is 6.04 Å². The molecular formula is C16H21N3O3. The molecule has 1 aromatic heterocycles. The van der Waals surface area contributed by atoms with Crippen molar-refractivity contribution in [3.05, 3.63) is 30.5 Å². The maximum atomic E-state index is 12.1. The van der Waals surface area contributed by atoms with E-state index in [-0.39, 0.29) is 18.4 Å². The van der Waals surface area contributed by atoms with Gasteiger partial charge in [0.15, 0.2) is 0 Å². The van der Waals surface area contributed by atoms with Crippen LogP contribution in [0.3, 0.4) is 0 Å². The summed E-state index contributed by atoms with van der Waals surface area (Å²) in [6, 6.07) is 7.14. The minimum atomic E-state index is -0.626. The number of hydrogen-bond acceptors (Lipinski definition) is 3. The summed E-state index contributed by atoms with van der Waals surface area (Å²) in [5, 5.41) is 6.44. The largest absolute Gasteiger partial charge is 0.375 e. The van der Waals surface area contributed by atoms with Crippen LogP contribution >= 0.6 is 0 Å². The fraction of sp³-hybridized carbons (Fsp3) is 0.375. The number of ether oxygens (including phenoxy) is 1. The first-order valence-electron chi connectivity index (χ1n) is 7.23. The van der Waals surface area contributed by atoms with Gasteiger partial charge >= 0.3 is 0 Å². The molecule has 6 heteroatoms. The Morgan fingerprint density at radius 3 is 2.77 bits per heavy atom. The molecule has 2 aromatic rings. The first-order chi connectivity index (χ1) is 10.5. The Morgan fingerprint density at radius 2 is 2.09 bits per heavy atom. The van der Waals surface area contributed by atoms with Crippen molar-refractivity contribution >= 4 is 28.4 Å². The number of hydrogen-bond donors (Lipinski definition) is 2. The van der Waals surface area contributed by atoms with Crippen LogP contribution in [0.2, 0.25) is 0 Å². The quantitative estimate of drug-likeness (QED) is 0.854. The van der Waals surface area contributed by atoms with E-state index in [9.17, 15) is 9.59 Å². The summed E-state index contributed by atoms with van der Waals surface area (Å²) in [4.78, 5) is 23.5. The summed E-state index contributed by atoms with van der Waals surface area (Å²) in [6.07, 6.45) is 2.02. The fourth-order valence-corrected chi connectivity index (χ4v) is 2.28. The van der Waals surface area contributed by atoms with Crippen molar-refractivity contribution in [1.29, 1.82) is 0 Å². The molecule has 22 heavy (non-hydrogen) atoms. The first kappa shape index (κ1) is 16.0. The minimum absolute atomic E-state index is 0.0614. The normalized spacial score (nSPS) is 12.1. The molecule has 1 aromatic carbocycles. The molecule has 1 unspecified atom stereocenters. The Hall–Kier alpha value is -2.34. The second-order valence-corrected chi connectivity index (χ2v) is 5.09. The number of rotatable bonds is 6. The van der Waals surface area contributed by atoms with Crippen molar-refractivity contribution in [3.63, 3.8) is 0 Å². The average Bonchev–Trinajstić information content (AvgIpc) is 2.89. The second kappa shape index (κ2) is 7.09. The second-order valence-electron chi connectivity index (χ2n) is 5.09. The highest BCUT2D eigenvalue weighted by molar-refractivity contribution is 5.98. The fourth-order valence-electron chi connectivity index (χ4n) is 2.28. The van der Waals surface area contributed by atoms with E-state index in [1.807, 2.05) is 30.5 Å². The minimum Gasteiger partial charge on any atom is -0.375 e. The van der Waals surface area contributed by atoms with Crippen molar-refractivity contribution in [3.8, 4) is 0 Å². The molecule has 118 valence electrons. The zero-order chi connectivity index (χ0) is 16.1. The van der Waals surface area contributed by atoms with Gasteiger partial charge in [0.1, 0.15) is 12.6 Å². The average molecular weight is 303 g/mol. The number of amides is 2. The number of aromatic nitrogens is 1. The molecule has 2 rings (SSSR count). The number of nitrogens with one attached hydrogen (secondary N) is 2. The standard InChI is InChI=1S/C16H21N3O3/c1-4-19-8-7-12-9-13(5-6-14(12)19)18-16(21)11(2)17-15(20)10-22-3/h5-9,11H,4,10H2,1-3H3,(H,17,20)(H,18,21). The zero-order valence-corrected chi connectivity index (χ0v) is 13.1. The van der Waals surface area contributed by atoms with E-state index in [0.717, 1.165) is 17.4 Å². The maximum absolute atomic E-state index is 12.1. The number of anilines is 1. The molecule has 0 saturated heterocycles. The summed E-state index contributed by atoms with van der Waals surface area (Å²) in [7, 11) is 1.43. The van der Waals surface area contributed by atoms with Gasteiger partial charge in [0.2, 0.25) is 11.8 Å². The van der Waals surface area contributed by atoms with Crippen LogP contribution in [-0.2, 0) is 20.9 Å². The molecule has 2 N–H and O–H groups in total. The van der Waals surface area contributed by atoms with Crippen LogP contribution in [0.5, 0.6) is 0 Å². The van der Waals surface area contributed by atoms with E-state index in [1.54, 1.807) is 6.92 Å². The first-order valence-corrected chi connectivity index (χ1v) is 7.23. The molecule has 0 aliphatic rings. The van der Waals surface area contributed by atoms with Crippen molar-refractivity contribution < 1.29 is 14.3 Å². The Balaban J connectivity index is 2.03. The van der Waals surface area contributed by atoms with Crippen LogP contribution in [-0.4, -0.2) is 36.1 Å². The van der Waals surface area contributed by atoms with Gasteiger partial charge < -0.3 is 19.9 Å². The lowest BCUT2D eigenvalue weighted by Gasteiger charge is -2.14. The monoisotopic (exact) mass is 303 g/mol. The molecule has 2 amide bonds. The third-order valence-corrected chi connectivity index (χ3v) is 3.43. The molecule has 6 nitrogen and oxygen atoms in total. The molecule has 0 aliphatic carbocycles. The molecule has 0 radical (unpaired) electrons. The SMILES string of the molecule is CCn1ccc2cc(NC(=O)C(C)NC(=O)COC)ccc21. The van der Waals surface area contributed by atoms with Crippen molar-refractivity contribution in [2.24, 2.45) is 0 Å². The molecule has 0 saturated carbocycles. The molecule has 0 aliphatic heterocycles. The van der Waals surface area contributed by atoms with Gasteiger partial charge in [0.05, 0.1) is 0 Å². The molecule has 0 bridgehead atoms. The lowest BCUT2D eigenvalue weighted by atomic mass is 10.2. The van der Waals surface area contributed by atoms with Gasteiger partial charge in [0, 0.05) is 36.4 Å². The van der Waals surface area contributed by atoms with Crippen LogP contribution in [0.25, 0.3) is 10.9 Å². The molecule has 1 heterocycles. The van der Waals surface area contributed by atoms with E-state index >= 15 is 0 Å². The summed E-state index contributed by atoms with van der Waals surface area (Å²) in [5.41, 5.74) is 1.83. The van der Waals surface area contributed by atoms with Gasteiger partial charge in [-0.25, -0.2) is 0 Å². The van der Waals surface area contributed by atoms with E-state index in [2.05, 4.69) is 22.1 Å². The molecule has 0 spiro atoms. The Kier molecular flexibility index (Phi) is 5.16. The zero-order valence-electron chi connectivity index (χ0n) is 13.1. The van der Waals surface area contributed by atoms with Crippen molar-refractivity contribution in [1.82, 2.24) is 9.88 Å². The van der Waals surface area contributed by atoms with Gasteiger partial charge in [-0.05, 0) is 38.1 Å². The number of aryl methyl sites for hydroxylation is 1. The summed E-state index contributed by atoms with van der Waals surface area (Å²) < 4.78 is 6.85. The third kappa shape index (κ3) is 3.65. The maximum Gasteiger partial charge on any atom is 0.246 e. The topological polar surface area (TPSA) is 72.4 Å².